The number of carbonyl (C=O) groups excluding carboxylic acids is 4. The van der Waals surface area contributed by atoms with Crippen LogP contribution in [-0.2, 0) is 32.3 Å². The minimum atomic E-state index is -4.64. The highest BCUT2D eigenvalue weighted by atomic mass is 19.4. The molecule has 22 heteroatoms. The molecule has 0 unspecified atom stereocenters. The number of rotatable bonds is 19. The molecule has 1 saturated heterocycles. The van der Waals surface area contributed by atoms with Crippen molar-refractivity contribution in [3.63, 3.8) is 0 Å². The Morgan fingerprint density at radius 1 is 0.866 bits per heavy atom. The van der Waals surface area contributed by atoms with Crippen LogP contribution in [0.15, 0.2) is 59.7 Å². The van der Waals surface area contributed by atoms with Gasteiger partial charge in [-0.1, -0.05) is 25.0 Å². The lowest BCUT2D eigenvalue weighted by Gasteiger charge is -2.35. The van der Waals surface area contributed by atoms with Crippen molar-refractivity contribution in [1.82, 2.24) is 39.5 Å². The zero-order valence-corrected chi connectivity index (χ0v) is 37.4. The number of Topliss-reactive ketones (excluding diaryl/α,β-unsaturated/α-hetero) is 1. The number of nitrogens with one attached hydrogen (secondary N) is 4. The Hall–Kier alpha value is -6.78. The third kappa shape index (κ3) is 12.2. The van der Waals surface area contributed by atoms with Gasteiger partial charge in [-0.15, -0.1) is 0 Å². The molecule has 19 nitrogen and oxygen atoms in total. The van der Waals surface area contributed by atoms with Crippen molar-refractivity contribution in [2.24, 2.45) is 7.05 Å². The number of ether oxygens (including phenoxy) is 2. The number of hydrogen-bond acceptors (Lipinski definition) is 14. The Morgan fingerprint density at radius 2 is 1.60 bits per heavy atom. The molecule has 4 N–H and O–H groups in total. The number of piperazine rings is 1. The molecule has 1 aliphatic carbocycles. The van der Waals surface area contributed by atoms with Gasteiger partial charge >= 0.3 is 6.18 Å². The Morgan fingerprint density at radius 3 is 2.28 bits per heavy atom. The number of benzene rings is 1. The van der Waals surface area contributed by atoms with E-state index >= 15 is 0 Å². The molecule has 0 atom stereocenters. The van der Waals surface area contributed by atoms with Crippen LogP contribution in [0.3, 0.4) is 0 Å². The van der Waals surface area contributed by atoms with E-state index in [1.807, 2.05) is 12.1 Å². The van der Waals surface area contributed by atoms with Crippen LogP contribution in [0.2, 0.25) is 0 Å². The SMILES string of the molecule is CC(=O)c1c(C)c2cnc(Nc3ccc(N4CCN(CC(=O)NCCOCCOCCC(=O)Nc5ccccc5C(=O)Nc5cc(C(F)(F)F)n(C)n5)CC4)cn3)nc2n(C2CCCC2)c1=O. The van der Waals surface area contributed by atoms with Gasteiger partial charge in [0.05, 0.1) is 68.1 Å². The molecule has 0 bridgehead atoms. The number of fused-ring (bicyclic) bond motifs is 1. The molecule has 1 saturated carbocycles. The maximum atomic E-state index is 13.6. The zero-order chi connectivity index (χ0) is 47.7. The first-order valence-corrected chi connectivity index (χ1v) is 22.0. The lowest BCUT2D eigenvalue weighted by molar-refractivity contribution is -0.143. The van der Waals surface area contributed by atoms with Crippen LogP contribution in [0.1, 0.15) is 77.0 Å². The Balaban J connectivity index is 0.761. The fourth-order valence-electron chi connectivity index (χ4n) is 8.22. The van der Waals surface area contributed by atoms with Gasteiger partial charge in [0, 0.05) is 63.5 Å². The molecule has 7 rings (SSSR count). The number of para-hydroxylation sites is 1. The number of nitrogens with zero attached hydrogens (tertiary/aromatic N) is 8. The standard InChI is InChI=1S/C45H53F3N12O7/c1-28-33-26-51-44(55-41(33)60(30-8-4-5-9-30)43(65)40(28)29(2)61)54-36-13-12-31(25-50-36)59-18-16-58(17-19-59)27-39(63)49-15-21-67-23-22-66-20-14-38(62)52-34-11-7-6-10-32(34)42(64)53-37-24-35(45(46,47)48)57(3)56-37/h6-7,10-13,24-26,30H,4-5,8-9,14-23,27H2,1-3H3,(H,49,63)(H,52,62)(H,53,56,64)(H,50,51,54,55). The van der Waals surface area contributed by atoms with E-state index in [0.29, 0.717) is 65.8 Å². The van der Waals surface area contributed by atoms with Crippen LogP contribution < -0.4 is 31.7 Å². The first-order chi connectivity index (χ1) is 32.2. The summed E-state index contributed by atoms with van der Waals surface area (Å²) in [5, 5.41) is 15.4. The van der Waals surface area contributed by atoms with E-state index in [1.54, 1.807) is 36.0 Å². The summed E-state index contributed by atoms with van der Waals surface area (Å²) in [6, 6.07) is 10.6. The minimum Gasteiger partial charge on any atom is -0.379 e. The molecule has 67 heavy (non-hydrogen) atoms. The molecule has 5 aromatic rings. The first kappa shape index (κ1) is 48.2. The average Bonchev–Trinajstić information content (AvgIpc) is 3.96. The molecule has 4 aromatic heterocycles. The van der Waals surface area contributed by atoms with Crippen molar-refractivity contribution in [2.75, 3.05) is 86.5 Å². The first-order valence-electron chi connectivity index (χ1n) is 22.0. The molecule has 3 amide bonds. The van der Waals surface area contributed by atoms with Gasteiger partial charge in [-0.2, -0.15) is 23.3 Å². The summed E-state index contributed by atoms with van der Waals surface area (Å²) in [5.41, 5.74) is 1.09. The number of alkyl halides is 3. The van der Waals surface area contributed by atoms with Crippen molar-refractivity contribution < 1.29 is 41.8 Å². The third-order valence-corrected chi connectivity index (χ3v) is 11.6. The second kappa shape index (κ2) is 21.7. The Labute approximate surface area is 383 Å². The lowest BCUT2D eigenvalue weighted by Crippen LogP contribution is -2.49. The van der Waals surface area contributed by atoms with Crippen molar-refractivity contribution in [3.05, 3.63) is 87.6 Å². The molecule has 2 aliphatic rings. The van der Waals surface area contributed by atoms with Crippen LogP contribution >= 0.6 is 0 Å². The van der Waals surface area contributed by atoms with Gasteiger partial charge in [0.2, 0.25) is 17.8 Å². The van der Waals surface area contributed by atoms with Gasteiger partial charge in [-0.05, 0) is 56.5 Å². The number of hydrogen-bond donors (Lipinski definition) is 4. The molecule has 356 valence electrons. The molecule has 1 aromatic carbocycles. The predicted octanol–water partition coefficient (Wildman–Crippen LogP) is 4.86. The quantitative estimate of drug-likeness (QED) is 0.0642. The highest BCUT2D eigenvalue weighted by molar-refractivity contribution is 6.09. The van der Waals surface area contributed by atoms with Crippen LogP contribution in [0.4, 0.5) is 42.1 Å². The van der Waals surface area contributed by atoms with E-state index < -0.39 is 23.7 Å². The van der Waals surface area contributed by atoms with E-state index in [2.05, 4.69) is 46.1 Å². The Bertz CT molecular complexity index is 2640. The molecule has 0 spiro atoms. The number of pyridine rings is 2. The van der Waals surface area contributed by atoms with Gasteiger partial charge in [0.15, 0.2) is 11.6 Å². The largest absolute Gasteiger partial charge is 0.433 e. The predicted molar refractivity (Wildman–Crippen MR) is 243 cm³/mol. The fourth-order valence-corrected chi connectivity index (χ4v) is 8.22. The van der Waals surface area contributed by atoms with E-state index in [4.69, 9.17) is 14.5 Å². The normalized spacial score (nSPS) is 14.6. The van der Waals surface area contributed by atoms with Gasteiger partial charge in [-0.3, -0.25) is 38.1 Å². The van der Waals surface area contributed by atoms with Gasteiger partial charge < -0.3 is 35.6 Å². The van der Waals surface area contributed by atoms with Gasteiger partial charge in [-0.25, -0.2) is 9.97 Å². The fraction of sp³-hybridized carbons (Fsp3) is 0.444. The molecular formula is C45H53F3N12O7. The number of anilines is 5. The minimum absolute atomic E-state index is 0.0217. The summed E-state index contributed by atoms with van der Waals surface area (Å²) in [6.07, 6.45) is 2.49. The number of aromatic nitrogens is 6. The highest BCUT2D eigenvalue weighted by Gasteiger charge is 2.35. The van der Waals surface area contributed by atoms with E-state index in [9.17, 15) is 37.1 Å². The monoisotopic (exact) mass is 930 g/mol. The summed E-state index contributed by atoms with van der Waals surface area (Å²) in [6.45, 7) is 7.29. The third-order valence-electron chi connectivity index (χ3n) is 11.6. The van der Waals surface area contributed by atoms with Crippen LogP contribution in [-0.4, -0.2) is 123 Å². The number of amides is 3. The van der Waals surface area contributed by atoms with Crippen LogP contribution in [0, 0.1) is 6.92 Å². The smallest absolute Gasteiger partial charge is 0.379 e. The van der Waals surface area contributed by atoms with Crippen LogP contribution in [0.5, 0.6) is 0 Å². The summed E-state index contributed by atoms with van der Waals surface area (Å²) in [4.78, 5) is 82.1. The number of carbonyl (C=O) groups is 4. The Kier molecular flexibility index (Phi) is 15.6. The molecule has 2 fully saturated rings. The number of aryl methyl sites for hydroxylation is 2. The van der Waals surface area contributed by atoms with Crippen molar-refractivity contribution in [1.29, 1.82) is 0 Å². The number of halogens is 3. The summed E-state index contributed by atoms with van der Waals surface area (Å²) < 4.78 is 52.7. The van der Waals surface area contributed by atoms with Crippen molar-refractivity contribution in [2.45, 2.75) is 58.2 Å². The topological polar surface area (TPSA) is 220 Å². The van der Waals surface area contributed by atoms with E-state index in [0.717, 1.165) is 44.5 Å². The van der Waals surface area contributed by atoms with Gasteiger partial charge in [0.25, 0.3) is 11.5 Å². The maximum absolute atomic E-state index is 13.6. The maximum Gasteiger partial charge on any atom is 0.433 e. The second-order valence-electron chi connectivity index (χ2n) is 16.3. The molecular weight excluding hydrogens is 878 g/mol. The van der Waals surface area contributed by atoms with Crippen LogP contribution in [0.25, 0.3) is 11.0 Å². The van der Waals surface area contributed by atoms with Crippen molar-refractivity contribution >= 4 is 63.5 Å². The average molecular weight is 931 g/mol. The summed E-state index contributed by atoms with van der Waals surface area (Å²) >= 11 is 0. The van der Waals surface area contributed by atoms with Crippen molar-refractivity contribution in [3.8, 4) is 0 Å². The summed E-state index contributed by atoms with van der Waals surface area (Å²) in [5.74, 6) is -1.02. The van der Waals surface area contributed by atoms with E-state index in [-0.39, 0.29) is 85.3 Å². The second-order valence-corrected chi connectivity index (χ2v) is 16.3. The van der Waals surface area contributed by atoms with Gasteiger partial charge in [0.1, 0.15) is 17.2 Å². The number of ketones is 1. The zero-order valence-electron chi connectivity index (χ0n) is 37.4. The molecule has 5 heterocycles. The molecule has 1 aliphatic heterocycles. The summed E-state index contributed by atoms with van der Waals surface area (Å²) in [7, 11) is 1.12. The molecule has 0 radical (unpaired) electrons. The van der Waals surface area contributed by atoms with E-state index in [1.165, 1.54) is 19.1 Å². The highest BCUT2D eigenvalue weighted by Crippen LogP contribution is 2.33. The lowest BCUT2D eigenvalue weighted by atomic mass is 10.0.